The summed E-state index contributed by atoms with van der Waals surface area (Å²) < 4.78 is 39.1. The van der Waals surface area contributed by atoms with Crippen molar-refractivity contribution >= 4 is 38.5 Å². The van der Waals surface area contributed by atoms with Crippen LogP contribution < -0.4 is 20.5 Å². The number of hydrogen-bond acceptors (Lipinski definition) is 6. The Balaban J connectivity index is 1.72. The van der Waals surface area contributed by atoms with Gasteiger partial charge in [-0.1, -0.05) is 42.7 Å². The number of primary sulfonamides is 1. The summed E-state index contributed by atoms with van der Waals surface area (Å²) in [4.78, 5) is 21.9. The molecule has 176 valence electrons. The van der Waals surface area contributed by atoms with Gasteiger partial charge in [0.15, 0.2) is 4.80 Å². The second kappa shape index (κ2) is 8.57. The Bertz CT molecular complexity index is 1600. The first-order chi connectivity index (χ1) is 16.2. The molecule has 5 rings (SSSR count). The van der Waals surface area contributed by atoms with E-state index in [1.807, 2.05) is 0 Å². The van der Waals surface area contributed by atoms with Crippen molar-refractivity contribution in [1.29, 1.82) is 0 Å². The third kappa shape index (κ3) is 3.99. The van der Waals surface area contributed by atoms with Crippen molar-refractivity contribution in [3.8, 4) is 5.88 Å². The summed E-state index contributed by atoms with van der Waals surface area (Å²) in [6.45, 7) is 0. The Kier molecular flexibility index (Phi) is 5.70. The zero-order valence-corrected chi connectivity index (χ0v) is 19.6. The van der Waals surface area contributed by atoms with Crippen molar-refractivity contribution in [2.45, 2.75) is 43.0 Å². The number of hydrogen-bond donors (Lipinski definition) is 2. The van der Waals surface area contributed by atoms with E-state index in [2.05, 4.69) is 9.98 Å². The van der Waals surface area contributed by atoms with Gasteiger partial charge in [-0.05, 0) is 43.2 Å². The Morgan fingerprint density at radius 2 is 1.82 bits per heavy atom. The van der Waals surface area contributed by atoms with Crippen LogP contribution in [0.15, 0.2) is 57.3 Å². The molecule has 2 aromatic carbocycles. The van der Waals surface area contributed by atoms with Crippen LogP contribution in [0.25, 0.3) is 5.57 Å². The topological polar surface area (TPSA) is 127 Å². The summed E-state index contributed by atoms with van der Waals surface area (Å²) in [6.07, 6.45) is 4.81. The molecule has 0 bridgehead atoms. The lowest BCUT2D eigenvalue weighted by atomic mass is 9.95. The van der Waals surface area contributed by atoms with Crippen LogP contribution in [0.3, 0.4) is 0 Å². The van der Waals surface area contributed by atoms with Gasteiger partial charge in [-0.2, -0.15) is 0 Å². The van der Waals surface area contributed by atoms with Crippen molar-refractivity contribution in [2.24, 2.45) is 15.1 Å². The number of thiazole rings is 1. The maximum absolute atomic E-state index is 14.2. The first kappa shape index (κ1) is 22.6. The monoisotopic (exact) mass is 500 g/mol. The van der Waals surface area contributed by atoms with E-state index in [9.17, 15) is 22.7 Å². The number of nitrogens with zero attached hydrogens (tertiary/aromatic N) is 3. The number of aromatic hydroxyl groups is 1. The quantitative estimate of drug-likeness (QED) is 0.569. The van der Waals surface area contributed by atoms with E-state index in [1.165, 1.54) is 36.4 Å². The van der Waals surface area contributed by atoms with E-state index in [0.29, 0.717) is 15.7 Å². The normalized spacial score (nSPS) is 17.2. The maximum Gasteiger partial charge on any atom is 0.279 e. The summed E-state index contributed by atoms with van der Waals surface area (Å²) in [5.41, 5.74) is 0.608. The number of benzene rings is 2. The third-order valence-corrected chi connectivity index (χ3v) is 8.06. The minimum atomic E-state index is -3.84. The summed E-state index contributed by atoms with van der Waals surface area (Å²) in [5, 5.41) is 16.7. The second-order valence-electron chi connectivity index (χ2n) is 8.28. The molecule has 0 radical (unpaired) electrons. The summed E-state index contributed by atoms with van der Waals surface area (Å²) in [5.74, 6) is -1.32. The van der Waals surface area contributed by atoms with E-state index in [-0.39, 0.29) is 32.6 Å². The van der Waals surface area contributed by atoms with Gasteiger partial charge in [0.25, 0.3) is 5.91 Å². The second-order valence-corrected chi connectivity index (χ2v) is 10.8. The SMILES string of the molecule is NS(=O)(=O)c1ccc(N=c2sc(C3=c4cccc(F)c4=NC3=O)c(O)n2C2CCCCC2)cc1. The van der Waals surface area contributed by atoms with Crippen molar-refractivity contribution in [2.75, 3.05) is 0 Å². The first-order valence-electron chi connectivity index (χ1n) is 10.8. The van der Waals surface area contributed by atoms with E-state index in [1.54, 1.807) is 10.6 Å². The van der Waals surface area contributed by atoms with Crippen molar-refractivity contribution in [3.05, 3.63) is 68.5 Å². The molecule has 2 aliphatic rings. The molecular formula is C23H21FN4O4S2. The number of carbonyl (C=O) groups is 1. The number of carbonyl (C=O) groups excluding carboxylic acids is 1. The highest BCUT2D eigenvalue weighted by Crippen LogP contribution is 2.36. The molecule has 3 N–H and O–H groups in total. The predicted molar refractivity (Wildman–Crippen MR) is 124 cm³/mol. The minimum absolute atomic E-state index is 0.0118. The molecule has 34 heavy (non-hydrogen) atoms. The number of aromatic nitrogens is 1. The molecule has 3 aromatic rings. The average molecular weight is 501 g/mol. The highest BCUT2D eigenvalue weighted by molar-refractivity contribution is 7.89. The number of halogens is 1. The van der Waals surface area contributed by atoms with Crippen LogP contribution in [0.4, 0.5) is 10.1 Å². The van der Waals surface area contributed by atoms with Gasteiger partial charge in [0, 0.05) is 11.3 Å². The van der Waals surface area contributed by atoms with Gasteiger partial charge in [-0.3, -0.25) is 9.36 Å². The number of rotatable bonds is 4. The number of nitrogens with two attached hydrogens (primary N) is 1. The van der Waals surface area contributed by atoms with E-state index in [0.717, 1.165) is 43.4 Å². The fraction of sp³-hybridized carbons (Fsp3) is 0.261. The van der Waals surface area contributed by atoms with E-state index in [4.69, 9.17) is 5.14 Å². The zero-order chi connectivity index (χ0) is 24.0. The number of amides is 1. The van der Waals surface area contributed by atoms with Crippen molar-refractivity contribution in [3.63, 3.8) is 0 Å². The van der Waals surface area contributed by atoms with Crippen LogP contribution >= 0.6 is 11.3 Å². The summed E-state index contributed by atoms with van der Waals surface area (Å²) in [7, 11) is -3.84. The highest BCUT2D eigenvalue weighted by Gasteiger charge is 2.29. The lowest BCUT2D eigenvalue weighted by Gasteiger charge is -2.23. The molecule has 8 nitrogen and oxygen atoms in total. The molecule has 1 fully saturated rings. The van der Waals surface area contributed by atoms with Crippen LogP contribution in [0.1, 0.15) is 43.0 Å². The standard InChI is InChI=1S/C23H21FN4O4S2/c24-17-8-4-7-16-18(21(29)27-19(16)17)20-22(30)28(14-5-2-1-3-6-14)23(33-20)26-13-9-11-15(12-10-13)34(25,31)32/h4,7-12,14,30H,1-3,5-6H2,(H2,25,31,32). The zero-order valence-electron chi connectivity index (χ0n) is 17.9. The molecule has 2 heterocycles. The van der Waals surface area contributed by atoms with Gasteiger partial charge in [0.1, 0.15) is 16.1 Å². The average Bonchev–Trinajstić information content (AvgIpc) is 3.30. The Hall–Kier alpha value is -3.15. The van der Waals surface area contributed by atoms with Gasteiger partial charge in [-0.25, -0.2) is 27.9 Å². The molecule has 1 aliphatic carbocycles. The molecule has 1 aromatic heterocycles. The molecular weight excluding hydrogens is 479 g/mol. The summed E-state index contributed by atoms with van der Waals surface area (Å²) in [6, 6.07) is 10.1. The maximum atomic E-state index is 14.2. The van der Waals surface area contributed by atoms with Gasteiger partial charge in [0.05, 0.1) is 16.2 Å². The molecule has 0 atom stereocenters. The van der Waals surface area contributed by atoms with E-state index < -0.39 is 21.7 Å². The van der Waals surface area contributed by atoms with Crippen molar-refractivity contribution in [1.82, 2.24) is 4.57 Å². The lowest BCUT2D eigenvalue weighted by molar-refractivity contribution is -0.112. The van der Waals surface area contributed by atoms with Gasteiger partial charge in [0.2, 0.25) is 15.9 Å². The molecule has 0 unspecified atom stereocenters. The molecule has 11 heteroatoms. The molecule has 1 saturated carbocycles. The van der Waals surface area contributed by atoms with Crippen LogP contribution in [0.2, 0.25) is 0 Å². The third-order valence-electron chi connectivity index (χ3n) is 6.07. The minimum Gasteiger partial charge on any atom is -0.493 e. The Morgan fingerprint density at radius 3 is 2.50 bits per heavy atom. The van der Waals surface area contributed by atoms with Crippen LogP contribution in [0, 0.1) is 5.82 Å². The Labute approximate surface area is 198 Å². The van der Waals surface area contributed by atoms with Crippen molar-refractivity contribution < 1.29 is 22.7 Å². The largest absolute Gasteiger partial charge is 0.493 e. The number of para-hydroxylation sites is 1. The molecule has 0 spiro atoms. The number of fused-ring (bicyclic) bond motifs is 1. The highest BCUT2D eigenvalue weighted by atomic mass is 32.2. The van der Waals surface area contributed by atoms with Crippen LogP contribution in [-0.4, -0.2) is 24.0 Å². The van der Waals surface area contributed by atoms with Crippen LogP contribution in [-0.2, 0) is 14.8 Å². The molecule has 1 aliphatic heterocycles. The first-order valence-corrected chi connectivity index (χ1v) is 13.1. The summed E-state index contributed by atoms with van der Waals surface area (Å²) >= 11 is 1.12. The predicted octanol–water partition coefficient (Wildman–Crippen LogP) is 2.14. The fourth-order valence-corrected chi connectivity index (χ4v) is 6.11. The molecule has 1 amide bonds. The van der Waals surface area contributed by atoms with Gasteiger partial charge >= 0.3 is 0 Å². The van der Waals surface area contributed by atoms with Crippen LogP contribution in [0.5, 0.6) is 5.88 Å². The molecule has 0 saturated heterocycles. The van der Waals surface area contributed by atoms with Gasteiger partial charge < -0.3 is 5.11 Å². The van der Waals surface area contributed by atoms with E-state index >= 15 is 0 Å². The Morgan fingerprint density at radius 1 is 1.12 bits per heavy atom. The van der Waals surface area contributed by atoms with Gasteiger partial charge in [-0.15, -0.1) is 0 Å². The smallest absolute Gasteiger partial charge is 0.279 e. The fourth-order valence-electron chi connectivity index (χ4n) is 4.44. The lowest BCUT2D eigenvalue weighted by Crippen LogP contribution is -2.26. The number of sulfonamides is 1.